The van der Waals surface area contributed by atoms with Crippen LogP contribution >= 0.6 is 0 Å². The van der Waals surface area contributed by atoms with Crippen LogP contribution in [0.5, 0.6) is 5.75 Å². The fraction of sp³-hybridized carbons (Fsp3) is 0.611. The number of phenols is 1. The monoisotopic (exact) mass is 285 g/mol. The molecule has 3 fully saturated rings. The molecule has 0 spiro atoms. The van der Waals surface area contributed by atoms with Gasteiger partial charge in [0.25, 0.3) is 0 Å². The van der Waals surface area contributed by atoms with E-state index in [2.05, 4.69) is 5.32 Å². The lowest BCUT2D eigenvalue weighted by atomic mass is 9.59. The third-order valence-electron chi connectivity index (χ3n) is 6.33. The molecule has 0 saturated heterocycles. The van der Waals surface area contributed by atoms with Gasteiger partial charge in [-0.05, 0) is 61.8 Å². The van der Waals surface area contributed by atoms with Crippen LogP contribution < -0.4 is 5.32 Å². The number of para-hydroxylation sites is 1. The summed E-state index contributed by atoms with van der Waals surface area (Å²) in [4.78, 5) is 12.0. The van der Waals surface area contributed by atoms with Crippen LogP contribution in [0.15, 0.2) is 24.3 Å². The van der Waals surface area contributed by atoms with Crippen molar-refractivity contribution in [3.05, 3.63) is 29.8 Å². The summed E-state index contributed by atoms with van der Waals surface area (Å²) in [6.45, 7) is 1.61. The van der Waals surface area contributed by atoms with E-state index in [4.69, 9.17) is 0 Å². The normalized spacial score (nSPS) is 40.2. The zero-order chi connectivity index (χ0) is 14.6. The lowest BCUT2D eigenvalue weighted by Crippen LogP contribution is -2.57. The summed E-state index contributed by atoms with van der Waals surface area (Å²) < 4.78 is 0. The Labute approximate surface area is 125 Å². The van der Waals surface area contributed by atoms with Gasteiger partial charge in [-0.25, -0.2) is 0 Å². The standard InChI is InChI=1S/C18H23NO2/c1-11(20)19-18(16-4-2-3-5-17(16)21)14-7-6-12-8-15(18)10-13(12)9-14/h2-5,12-15,21H,6-10H2,1H3,(H,19,20). The second kappa shape index (κ2) is 4.49. The zero-order valence-corrected chi connectivity index (χ0v) is 12.5. The van der Waals surface area contributed by atoms with Gasteiger partial charge in [0, 0.05) is 12.5 Å². The topological polar surface area (TPSA) is 49.3 Å². The quantitative estimate of drug-likeness (QED) is 0.877. The molecule has 2 N–H and O–H groups in total. The van der Waals surface area contributed by atoms with Crippen molar-refractivity contribution in [2.45, 2.75) is 44.6 Å². The molecule has 5 atom stereocenters. The summed E-state index contributed by atoms with van der Waals surface area (Å²) in [6.07, 6.45) is 6.08. The number of phenolic OH excluding ortho intramolecular Hbond substituents is 1. The lowest BCUT2D eigenvalue weighted by Gasteiger charge is -2.50. The van der Waals surface area contributed by atoms with E-state index in [1.807, 2.05) is 18.2 Å². The third-order valence-corrected chi connectivity index (χ3v) is 6.33. The van der Waals surface area contributed by atoms with Gasteiger partial charge in [-0.15, -0.1) is 0 Å². The molecule has 4 rings (SSSR count). The summed E-state index contributed by atoms with van der Waals surface area (Å²) in [5, 5.41) is 13.8. The van der Waals surface area contributed by atoms with E-state index < -0.39 is 0 Å². The second-order valence-corrected chi connectivity index (χ2v) is 7.27. The number of carbonyl (C=O) groups excluding carboxylic acids is 1. The van der Waals surface area contributed by atoms with E-state index in [9.17, 15) is 9.90 Å². The van der Waals surface area contributed by atoms with Gasteiger partial charge in [0.05, 0.1) is 5.54 Å². The molecular formula is C18H23NO2. The minimum atomic E-state index is -0.348. The summed E-state index contributed by atoms with van der Waals surface area (Å²) in [6, 6.07) is 7.60. The average Bonchev–Trinajstić information content (AvgIpc) is 2.78. The maximum atomic E-state index is 12.0. The fourth-order valence-electron chi connectivity index (χ4n) is 5.70. The van der Waals surface area contributed by atoms with E-state index in [0.29, 0.717) is 17.6 Å². The van der Waals surface area contributed by atoms with Gasteiger partial charge in [-0.2, -0.15) is 0 Å². The minimum absolute atomic E-state index is 0.0204. The van der Waals surface area contributed by atoms with E-state index in [1.54, 1.807) is 13.0 Å². The number of aromatic hydroxyl groups is 1. The zero-order valence-electron chi connectivity index (χ0n) is 12.5. The Kier molecular flexibility index (Phi) is 2.82. The van der Waals surface area contributed by atoms with Crippen LogP contribution in [0.4, 0.5) is 0 Å². The van der Waals surface area contributed by atoms with Crippen molar-refractivity contribution < 1.29 is 9.90 Å². The first-order chi connectivity index (χ1) is 10.1. The third kappa shape index (κ3) is 1.76. The molecule has 1 aromatic rings. The molecule has 112 valence electrons. The molecular weight excluding hydrogens is 262 g/mol. The van der Waals surface area contributed by atoms with Crippen molar-refractivity contribution in [2.75, 3.05) is 0 Å². The number of fused-ring (bicyclic) bond motifs is 2. The number of nitrogens with one attached hydrogen (secondary N) is 1. The highest BCUT2D eigenvalue weighted by Crippen LogP contribution is 2.63. The van der Waals surface area contributed by atoms with Crippen molar-refractivity contribution in [3.63, 3.8) is 0 Å². The average molecular weight is 285 g/mol. The van der Waals surface area contributed by atoms with Crippen molar-refractivity contribution in [2.24, 2.45) is 23.7 Å². The Balaban J connectivity index is 1.88. The lowest BCUT2D eigenvalue weighted by molar-refractivity contribution is -0.123. The van der Waals surface area contributed by atoms with Gasteiger partial charge in [-0.3, -0.25) is 4.79 Å². The van der Waals surface area contributed by atoms with Crippen LogP contribution in [0, 0.1) is 23.7 Å². The molecule has 1 aromatic carbocycles. The molecule has 3 aliphatic carbocycles. The largest absolute Gasteiger partial charge is 0.508 e. The summed E-state index contributed by atoms with van der Waals surface area (Å²) >= 11 is 0. The Bertz CT molecular complexity index is 574. The number of amides is 1. The van der Waals surface area contributed by atoms with Crippen molar-refractivity contribution in [1.29, 1.82) is 0 Å². The smallest absolute Gasteiger partial charge is 0.217 e. The van der Waals surface area contributed by atoms with Gasteiger partial charge in [-0.1, -0.05) is 18.2 Å². The van der Waals surface area contributed by atoms with Crippen LogP contribution in [-0.2, 0) is 10.3 Å². The summed E-state index contributed by atoms with van der Waals surface area (Å²) in [7, 11) is 0. The van der Waals surface area contributed by atoms with Gasteiger partial charge in [0.15, 0.2) is 0 Å². The molecule has 3 saturated carbocycles. The molecule has 3 bridgehead atoms. The summed E-state index contributed by atoms with van der Waals surface area (Å²) in [5.74, 6) is 2.99. The van der Waals surface area contributed by atoms with Gasteiger partial charge in [0.1, 0.15) is 5.75 Å². The molecule has 3 aliphatic rings. The SMILES string of the molecule is CC(=O)NC1(c2ccccc2O)C2CCC3CC1CC3C2. The van der Waals surface area contributed by atoms with Crippen LogP contribution in [0.2, 0.25) is 0 Å². The highest BCUT2D eigenvalue weighted by atomic mass is 16.3. The van der Waals surface area contributed by atoms with Crippen LogP contribution in [0.25, 0.3) is 0 Å². The Morgan fingerprint density at radius 1 is 1.14 bits per heavy atom. The Hall–Kier alpha value is -1.51. The van der Waals surface area contributed by atoms with E-state index in [0.717, 1.165) is 17.4 Å². The second-order valence-electron chi connectivity index (χ2n) is 7.27. The van der Waals surface area contributed by atoms with Crippen LogP contribution in [0.1, 0.15) is 44.6 Å². The Morgan fingerprint density at radius 3 is 2.62 bits per heavy atom. The predicted octanol–water partition coefficient (Wildman–Crippen LogP) is 3.18. The predicted molar refractivity (Wildman–Crippen MR) is 80.6 cm³/mol. The van der Waals surface area contributed by atoms with Gasteiger partial charge >= 0.3 is 0 Å². The van der Waals surface area contributed by atoms with Gasteiger partial charge < -0.3 is 10.4 Å². The van der Waals surface area contributed by atoms with Crippen LogP contribution in [0.3, 0.4) is 0 Å². The molecule has 3 heteroatoms. The fourth-order valence-corrected chi connectivity index (χ4v) is 5.70. The first kappa shape index (κ1) is 13.2. The number of hydrogen-bond acceptors (Lipinski definition) is 2. The van der Waals surface area contributed by atoms with Crippen molar-refractivity contribution in [1.82, 2.24) is 5.32 Å². The maximum Gasteiger partial charge on any atom is 0.217 e. The maximum absolute atomic E-state index is 12.0. The first-order valence-electron chi connectivity index (χ1n) is 8.18. The molecule has 0 aromatic heterocycles. The van der Waals surface area contributed by atoms with Gasteiger partial charge in [0.2, 0.25) is 5.91 Å². The minimum Gasteiger partial charge on any atom is -0.508 e. The van der Waals surface area contributed by atoms with Crippen molar-refractivity contribution >= 4 is 5.91 Å². The molecule has 1 amide bonds. The first-order valence-corrected chi connectivity index (χ1v) is 8.18. The molecule has 21 heavy (non-hydrogen) atoms. The molecule has 0 heterocycles. The molecule has 0 radical (unpaired) electrons. The Morgan fingerprint density at radius 2 is 1.86 bits per heavy atom. The van der Waals surface area contributed by atoms with E-state index in [1.165, 1.54) is 32.1 Å². The molecule has 0 aliphatic heterocycles. The number of benzene rings is 1. The number of rotatable bonds is 2. The highest BCUT2D eigenvalue weighted by Gasteiger charge is 2.59. The summed E-state index contributed by atoms with van der Waals surface area (Å²) in [5.41, 5.74) is 0.593. The number of carbonyl (C=O) groups is 1. The number of hydrogen-bond donors (Lipinski definition) is 2. The van der Waals surface area contributed by atoms with E-state index in [-0.39, 0.29) is 11.4 Å². The molecule has 3 nitrogen and oxygen atoms in total. The van der Waals surface area contributed by atoms with E-state index >= 15 is 0 Å². The highest BCUT2D eigenvalue weighted by molar-refractivity contribution is 5.74. The van der Waals surface area contributed by atoms with Crippen molar-refractivity contribution in [3.8, 4) is 5.75 Å². The molecule has 5 unspecified atom stereocenters. The van der Waals surface area contributed by atoms with Crippen LogP contribution in [-0.4, -0.2) is 11.0 Å².